The number of carbonyl (C=O) groups is 1. The molecule has 0 aliphatic rings. The van der Waals surface area contributed by atoms with Crippen molar-refractivity contribution in [3.05, 3.63) is 31.4 Å². The van der Waals surface area contributed by atoms with Gasteiger partial charge < -0.3 is 0 Å². The van der Waals surface area contributed by atoms with Crippen molar-refractivity contribution in [2.45, 2.75) is 32.6 Å². The maximum atomic E-state index is 11.6. The van der Waals surface area contributed by atoms with Crippen LogP contribution in [0.1, 0.15) is 37.4 Å². The number of hydrogen-bond acceptors (Lipinski definition) is 2. The zero-order valence-electron chi connectivity index (χ0n) is 9.22. The van der Waals surface area contributed by atoms with E-state index in [0.29, 0.717) is 12.3 Å². The van der Waals surface area contributed by atoms with Gasteiger partial charge >= 0.3 is 0 Å². The average molecular weight is 206 g/mol. The first-order valence-electron chi connectivity index (χ1n) is 5.40. The Bertz CT molecular complexity index is 303. The second-order valence-corrected chi connectivity index (χ2v) is 3.70. The first-order chi connectivity index (χ1) is 7.27. The molecule has 1 aromatic heterocycles. The molecule has 0 spiro atoms. The Morgan fingerprint density at radius 1 is 1.67 bits per heavy atom. The molecule has 0 aromatic carbocycles. The largest absolute Gasteiger partial charge is 0.276 e. The van der Waals surface area contributed by atoms with Gasteiger partial charge in [-0.25, -0.2) is 4.98 Å². The van der Waals surface area contributed by atoms with E-state index in [0.717, 1.165) is 19.3 Å². The monoisotopic (exact) mass is 206 g/mol. The molecule has 15 heavy (non-hydrogen) atoms. The van der Waals surface area contributed by atoms with Crippen molar-refractivity contribution in [1.82, 2.24) is 9.55 Å². The van der Waals surface area contributed by atoms with Crippen LogP contribution in [0.2, 0.25) is 0 Å². The van der Waals surface area contributed by atoms with Crippen LogP contribution in [0, 0.1) is 5.92 Å². The van der Waals surface area contributed by atoms with E-state index in [4.69, 9.17) is 0 Å². The standard InChI is InChI=1S/C12H18N2O/c1-3-5-11(4-2)6-7-12(15)14-9-8-13-10-14/h3,8-11H,1,4-7H2,2H3. The van der Waals surface area contributed by atoms with Crippen molar-refractivity contribution in [2.24, 2.45) is 5.92 Å². The highest BCUT2D eigenvalue weighted by Crippen LogP contribution is 2.16. The van der Waals surface area contributed by atoms with Gasteiger partial charge in [0.1, 0.15) is 6.33 Å². The van der Waals surface area contributed by atoms with Gasteiger partial charge in [0.05, 0.1) is 0 Å². The molecule has 0 saturated carbocycles. The Balaban J connectivity index is 2.36. The normalized spacial score (nSPS) is 12.3. The molecule has 0 N–H and O–H groups in total. The van der Waals surface area contributed by atoms with Crippen molar-refractivity contribution in [2.75, 3.05) is 0 Å². The van der Waals surface area contributed by atoms with E-state index in [9.17, 15) is 4.79 Å². The van der Waals surface area contributed by atoms with Gasteiger partial charge in [0.25, 0.3) is 0 Å². The van der Waals surface area contributed by atoms with E-state index in [-0.39, 0.29) is 5.91 Å². The summed E-state index contributed by atoms with van der Waals surface area (Å²) in [7, 11) is 0. The summed E-state index contributed by atoms with van der Waals surface area (Å²) < 4.78 is 1.54. The molecular weight excluding hydrogens is 188 g/mol. The van der Waals surface area contributed by atoms with Gasteiger partial charge in [0, 0.05) is 18.8 Å². The Labute approximate surface area is 90.8 Å². The summed E-state index contributed by atoms with van der Waals surface area (Å²) >= 11 is 0. The molecule has 1 heterocycles. The van der Waals surface area contributed by atoms with E-state index in [1.54, 1.807) is 23.3 Å². The van der Waals surface area contributed by atoms with E-state index in [1.165, 1.54) is 0 Å². The zero-order valence-corrected chi connectivity index (χ0v) is 9.22. The van der Waals surface area contributed by atoms with Crippen LogP contribution in [0.15, 0.2) is 31.4 Å². The average Bonchev–Trinajstić information content (AvgIpc) is 2.77. The third-order valence-corrected chi connectivity index (χ3v) is 2.64. The Morgan fingerprint density at radius 3 is 3.00 bits per heavy atom. The molecule has 1 aromatic rings. The predicted octanol–water partition coefficient (Wildman–Crippen LogP) is 2.91. The molecule has 82 valence electrons. The smallest absolute Gasteiger partial charge is 0.231 e. The van der Waals surface area contributed by atoms with Gasteiger partial charge in [0.2, 0.25) is 5.91 Å². The minimum absolute atomic E-state index is 0.120. The fraction of sp³-hybridized carbons (Fsp3) is 0.500. The highest BCUT2D eigenvalue weighted by molar-refractivity contribution is 5.78. The summed E-state index contributed by atoms with van der Waals surface area (Å²) in [5.74, 6) is 0.699. The molecule has 0 aliphatic heterocycles. The van der Waals surface area contributed by atoms with Gasteiger partial charge in [-0.2, -0.15) is 0 Å². The highest BCUT2D eigenvalue weighted by atomic mass is 16.2. The van der Waals surface area contributed by atoms with Crippen LogP contribution >= 0.6 is 0 Å². The van der Waals surface area contributed by atoms with E-state index in [2.05, 4.69) is 18.5 Å². The number of hydrogen-bond donors (Lipinski definition) is 0. The summed E-state index contributed by atoms with van der Waals surface area (Å²) in [6, 6.07) is 0. The third kappa shape index (κ3) is 3.70. The minimum atomic E-state index is 0.120. The Morgan fingerprint density at radius 2 is 2.47 bits per heavy atom. The molecule has 0 fully saturated rings. The van der Waals surface area contributed by atoms with E-state index < -0.39 is 0 Å². The number of allylic oxidation sites excluding steroid dienone is 1. The van der Waals surface area contributed by atoms with Crippen LogP contribution in [0.5, 0.6) is 0 Å². The molecule has 1 atom stereocenters. The maximum Gasteiger partial charge on any atom is 0.231 e. The number of imidazole rings is 1. The molecule has 1 rings (SSSR count). The van der Waals surface area contributed by atoms with E-state index in [1.807, 2.05) is 6.08 Å². The molecular formula is C12H18N2O. The van der Waals surface area contributed by atoms with Gasteiger partial charge in [-0.1, -0.05) is 19.4 Å². The molecule has 3 heteroatoms. The van der Waals surface area contributed by atoms with E-state index >= 15 is 0 Å². The van der Waals surface area contributed by atoms with Crippen molar-refractivity contribution in [1.29, 1.82) is 0 Å². The molecule has 1 unspecified atom stereocenters. The van der Waals surface area contributed by atoms with Crippen molar-refractivity contribution >= 4 is 5.91 Å². The van der Waals surface area contributed by atoms with Crippen LogP contribution in [-0.4, -0.2) is 15.5 Å². The minimum Gasteiger partial charge on any atom is -0.276 e. The number of carbonyl (C=O) groups excluding carboxylic acids is 1. The molecule has 3 nitrogen and oxygen atoms in total. The lowest BCUT2D eigenvalue weighted by Gasteiger charge is -2.11. The SMILES string of the molecule is C=CCC(CC)CCC(=O)n1ccnc1. The van der Waals surface area contributed by atoms with Gasteiger partial charge in [-0.15, -0.1) is 6.58 Å². The number of aromatic nitrogens is 2. The maximum absolute atomic E-state index is 11.6. The summed E-state index contributed by atoms with van der Waals surface area (Å²) in [5, 5.41) is 0. The fourth-order valence-corrected chi connectivity index (χ4v) is 1.59. The highest BCUT2D eigenvalue weighted by Gasteiger charge is 2.09. The first kappa shape index (κ1) is 11.7. The second kappa shape index (κ2) is 6.17. The lowest BCUT2D eigenvalue weighted by Crippen LogP contribution is -2.10. The summed E-state index contributed by atoms with van der Waals surface area (Å²) in [5.41, 5.74) is 0. The van der Waals surface area contributed by atoms with Crippen molar-refractivity contribution in [3.63, 3.8) is 0 Å². The summed E-state index contributed by atoms with van der Waals surface area (Å²) in [6.45, 7) is 5.87. The first-order valence-corrected chi connectivity index (χ1v) is 5.40. The number of rotatable bonds is 6. The van der Waals surface area contributed by atoms with Crippen molar-refractivity contribution < 1.29 is 4.79 Å². The lowest BCUT2D eigenvalue weighted by molar-refractivity contribution is 0.0892. The molecule has 0 bridgehead atoms. The van der Waals surface area contributed by atoms with Gasteiger partial charge in [-0.3, -0.25) is 9.36 Å². The molecule has 0 radical (unpaired) electrons. The van der Waals surface area contributed by atoms with Crippen LogP contribution in [-0.2, 0) is 0 Å². The number of nitrogens with zero attached hydrogens (tertiary/aromatic N) is 2. The molecule has 0 saturated heterocycles. The molecule has 0 amide bonds. The summed E-state index contributed by atoms with van der Waals surface area (Å²) in [4.78, 5) is 15.5. The van der Waals surface area contributed by atoms with Crippen LogP contribution in [0.3, 0.4) is 0 Å². The predicted molar refractivity (Wildman–Crippen MR) is 60.7 cm³/mol. The van der Waals surface area contributed by atoms with Gasteiger partial charge in [0.15, 0.2) is 0 Å². The van der Waals surface area contributed by atoms with Gasteiger partial charge in [-0.05, 0) is 18.8 Å². The fourth-order valence-electron chi connectivity index (χ4n) is 1.59. The Hall–Kier alpha value is -1.38. The van der Waals surface area contributed by atoms with Crippen LogP contribution in [0.25, 0.3) is 0 Å². The quantitative estimate of drug-likeness (QED) is 0.671. The van der Waals surface area contributed by atoms with Crippen LogP contribution < -0.4 is 0 Å². The second-order valence-electron chi connectivity index (χ2n) is 3.70. The van der Waals surface area contributed by atoms with Crippen molar-refractivity contribution in [3.8, 4) is 0 Å². The molecule has 0 aliphatic carbocycles. The topological polar surface area (TPSA) is 34.9 Å². The van der Waals surface area contributed by atoms with Crippen LogP contribution in [0.4, 0.5) is 0 Å². The third-order valence-electron chi connectivity index (χ3n) is 2.64. The zero-order chi connectivity index (χ0) is 11.1. The Kier molecular flexibility index (Phi) is 4.81. The summed E-state index contributed by atoms with van der Waals surface area (Å²) in [6.07, 6.45) is 10.4. The lowest BCUT2D eigenvalue weighted by atomic mass is 9.96.